The zero-order chi connectivity index (χ0) is 17.4. The summed E-state index contributed by atoms with van der Waals surface area (Å²) in [6.07, 6.45) is 0. The molecule has 0 aliphatic carbocycles. The smallest absolute Gasteiger partial charge is 0.268 e. The summed E-state index contributed by atoms with van der Waals surface area (Å²) in [5.41, 5.74) is -0.140. The first-order valence-electron chi connectivity index (χ1n) is 6.95. The van der Waals surface area contributed by atoms with Crippen LogP contribution >= 0.6 is 0 Å². The maximum absolute atomic E-state index is 13.6. The van der Waals surface area contributed by atoms with Crippen LogP contribution in [0.4, 0.5) is 14.5 Å². The molecule has 8 heteroatoms. The van der Waals surface area contributed by atoms with Crippen LogP contribution in [0.1, 0.15) is 11.4 Å². The van der Waals surface area contributed by atoms with E-state index in [2.05, 4.69) is 4.98 Å². The van der Waals surface area contributed by atoms with Gasteiger partial charge in [0.25, 0.3) is 11.2 Å². The number of alkyl halides is 1. The Bertz CT molecular complexity index is 1030. The number of hydrogen-bond donors (Lipinski definition) is 0. The van der Waals surface area contributed by atoms with E-state index in [0.717, 1.165) is 16.7 Å². The van der Waals surface area contributed by atoms with E-state index >= 15 is 0 Å². The van der Waals surface area contributed by atoms with Gasteiger partial charge < -0.3 is 0 Å². The Hall–Kier alpha value is -3.16. The number of hydrogen-bond acceptors (Lipinski definition) is 4. The van der Waals surface area contributed by atoms with Gasteiger partial charge in [0.15, 0.2) is 0 Å². The number of nitrogens with zero attached hydrogens (tertiary/aromatic N) is 3. The van der Waals surface area contributed by atoms with Gasteiger partial charge in [-0.05, 0) is 30.7 Å². The van der Waals surface area contributed by atoms with Crippen molar-refractivity contribution in [1.29, 1.82) is 0 Å². The fourth-order valence-electron chi connectivity index (χ4n) is 2.49. The lowest BCUT2D eigenvalue weighted by Gasteiger charge is -2.13. The summed E-state index contributed by atoms with van der Waals surface area (Å²) < 4.78 is 27.9. The van der Waals surface area contributed by atoms with Crippen LogP contribution in [-0.4, -0.2) is 14.5 Å². The lowest BCUT2D eigenvalue weighted by molar-refractivity contribution is -0.384. The molecule has 24 heavy (non-hydrogen) atoms. The summed E-state index contributed by atoms with van der Waals surface area (Å²) >= 11 is 0. The average Bonchev–Trinajstić information content (AvgIpc) is 2.56. The second kappa shape index (κ2) is 5.80. The number of aryl methyl sites for hydroxylation is 1. The molecule has 3 aromatic rings. The first-order valence-corrected chi connectivity index (χ1v) is 6.95. The number of benzene rings is 2. The second-order valence-corrected chi connectivity index (χ2v) is 5.19. The van der Waals surface area contributed by atoms with E-state index in [1.54, 1.807) is 6.92 Å². The fourth-order valence-corrected chi connectivity index (χ4v) is 2.49. The number of rotatable bonds is 3. The lowest BCUT2D eigenvalue weighted by Crippen LogP contribution is -2.24. The highest BCUT2D eigenvalue weighted by molar-refractivity contribution is 5.80. The van der Waals surface area contributed by atoms with Crippen molar-refractivity contribution in [2.24, 2.45) is 0 Å². The number of non-ortho nitro benzene ring substituents is 1. The monoisotopic (exact) mass is 331 g/mol. The minimum atomic E-state index is -1.04. The molecule has 6 nitrogen and oxygen atoms in total. The molecule has 0 atom stereocenters. The topological polar surface area (TPSA) is 78.0 Å². The Labute approximate surface area is 134 Å². The van der Waals surface area contributed by atoms with Gasteiger partial charge >= 0.3 is 0 Å². The number of nitro benzene ring substituents is 1. The summed E-state index contributed by atoms with van der Waals surface area (Å²) in [4.78, 5) is 27.1. The van der Waals surface area contributed by atoms with E-state index in [0.29, 0.717) is 5.56 Å². The van der Waals surface area contributed by atoms with Crippen LogP contribution in [0.2, 0.25) is 0 Å². The third-order valence-electron chi connectivity index (χ3n) is 3.66. The van der Waals surface area contributed by atoms with E-state index < -0.39 is 23.0 Å². The highest BCUT2D eigenvalue weighted by Gasteiger charge is 2.17. The Morgan fingerprint density at radius 1 is 1.25 bits per heavy atom. The van der Waals surface area contributed by atoms with Crippen LogP contribution in [0.5, 0.6) is 0 Å². The third kappa shape index (κ3) is 2.51. The molecular weight excluding hydrogens is 320 g/mol. The average molecular weight is 331 g/mol. The maximum Gasteiger partial charge on any atom is 0.270 e. The largest absolute Gasteiger partial charge is 0.270 e. The van der Waals surface area contributed by atoms with Crippen molar-refractivity contribution >= 4 is 16.6 Å². The van der Waals surface area contributed by atoms with Crippen LogP contribution in [0, 0.1) is 22.9 Å². The van der Waals surface area contributed by atoms with E-state index in [9.17, 15) is 23.7 Å². The molecule has 3 rings (SSSR count). The molecule has 1 aromatic heterocycles. The third-order valence-corrected chi connectivity index (χ3v) is 3.66. The molecule has 0 radical (unpaired) electrons. The molecule has 0 aliphatic rings. The van der Waals surface area contributed by atoms with Gasteiger partial charge in [0.1, 0.15) is 18.3 Å². The van der Waals surface area contributed by atoms with Gasteiger partial charge in [0, 0.05) is 12.1 Å². The quantitative estimate of drug-likeness (QED) is 0.545. The fraction of sp³-hybridized carbons (Fsp3) is 0.125. The zero-order valence-electron chi connectivity index (χ0n) is 12.5. The molecule has 0 fully saturated rings. The normalized spacial score (nSPS) is 11.0. The molecule has 0 amide bonds. The summed E-state index contributed by atoms with van der Waals surface area (Å²) in [5, 5.41) is 10.9. The molecule has 0 N–H and O–H groups in total. The standard InChI is InChI=1S/C16H11F2N3O3/c1-9-2-3-10(18)6-14(9)20-15(8-17)19-13-5-4-11(21(23)24)7-12(13)16(20)22/h2-7H,8H2,1H3. The van der Waals surface area contributed by atoms with Gasteiger partial charge in [0.2, 0.25) is 0 Å². The Morgan fingerprint density at radius 3 is 2.67 bits per heavy atom. The van der Waals surface area contributed by atoms with E-state index in [1.165, 1.54) is 24.3 Å². The Morgan fingerprint density at radius 2 is 2.00 bits per heavy atom. The molecule has 0 saturated carbocycles. The van der Waals surface area contributed by atoms with Crippen molar-refractivity contribution in [3.63, 3.8) is 0 Å². The number of aromatic nitrogens is 2. The van der Waals surface area contributed by atoms with Crippen molar-refractivity contribution in [3.05, 3.63) is 74.1 Å². The number of halogens is 2. The van der Waals surface area contributed by atoms with Crippen LogP contribution in [0.3, 0.4) is 0 Å². The van der Waals surface area contributed by atoms with E-state index in [1.807, 2.05) is 0 Å². The summed E-state index contributed by atoms with van der Waals surface area (Å²) in [6.45, 7) is 0.596. The van der Waals surface area contributed by atoms with Gasteiger partial charge in [-0.1, -0.05) is 6.07 Å². The van der Waals surface area contributed by atoms with Crippen LogP contribution in [-0.2, 0) is 6.67 Å². The minimum Gasteiger partial charge on any atom is -0.268 e. The molecule has 0 unspecified atom stereocenters. The Kier molecular flexibility index (Phi) is 3.80. The zero-order valence-corrected chi connectivity index (χ0v) is 12.5. The molecule has 0 spiro atoms. The second-order valence-electron chi connectivity index (χ2n) is 5.19. The number of fused-ring (bicyclic) bond motifs is 1. The van der Waals surface area contributed by atoms with Crippen LogP contribution < -0.4 is 5.56 Å². The minimum absolute atomic E-state index is 0.0370. The predicted molar refractivity (Wildman–Crippen MR) is 83.5 cm³/mol. The van der Waals surface area contributed by atoms with Crippen molar-refractivity contribution in [2.75, 3.05) is 0 Å². The summed E-state index contributed by atoms with van der Waals surface area (Å²) in [5.74, 6) is -0.790. The highest BCUT2D eigenvalue weighted by atomic mass is 19.1. The summed E-state index contributed by atoms with van der Waals surface area (Å²) in [7, 11) is 0. The number of nitro groups is 1. The van der Waals surface area contributed by atoms with Crippen LogP contribution in [0.15, 0.2) is 41.2 Å². The van der Waals surface area contributed by atoms with Crippen molar-refractivity contribution in [3.8, 4) is 5.69 Å². The van der Waals surface area contributed by atoms with Gasteiger partial charge in [0.05, 0.1) is 21.5 Å². The molecule has 1 heterocycles. The van der Waals surface area contributed by atoms with E-state index in [-0.39, 0.29) is 28.1 Å². The highest BCUT2D eigenvalue weighted by Crippen LogP contribution is 2.21. The predicted octanol–water partition coefficient (Wildman–Crippen LogP) is 3.21. The van der Waals surface area contributed by atoms with Crippen molar-refractivity contribution in [2.45, 2.75) is 13.6 Å². The SMILES string of the molecule is Cc1ccc(F)cc1-n1c(CF)nc2ccc([N+](=O)[O-])cc2c1=O. The van der Waals surface area contributed by atoms with Crippen molar-refractivity contribution in [1.82, 2.24) is 9.55 Å². The summed E-state index contributed by atoms with van der Waals surface area (Å²) in [6, 6.07) is 7.33. The maximum atomic E-state index is 13.6. The molecule has 0 aliphatic heterocycles. The molecule has 0 saturated heterocycles. The first kappa shape index (κ1) is 15.7. The molecular formula is C16H11F2N3O3. The Balaban J connectivity index is 2.42. The lowest BCUT2D eigenvalue weighted by atomic mass is 10.1. The van der Waals surface area contributed by atoms with Gasteiger partial charge in [-0.15, -0.1) is 0 Å². The van der Waals surface area contributed by atoms with Crippen molar-refractivity contribution < 1.29 is 13.7 Å². The molecule has 0 bridgehead atoms. The van der Waals surface area contributed by atoms with Crippen LogP contribution in [0.25, 0.3) is 16.6 Å². The molecule has 2 aromatic carbocycles. The first-order chi connectivity index (χ1) is 11.4. The van der Waals surface area contributed by atoms with E-state index in [4.69, 9.17) is 0 Å². The molecule has 122 valence electrons. The van der Waals surface area contributed by atoms with Gasteiger partial charge in [-0.25, -0.2) is 13.8 Å². The van der Waals surface area contributed by atoms with Gasteiger partial charge in [-0.2, -0.15) is 0 Å². The van der Waals surface area contributed by atoms with Gasteiger partial charge in [-0.3, -0.25) is 19.5 Å².